The van der Waals surface area contributed by atoms with Crippen LogP contribution in [0.2, 0.25) is 0 Å². The van der Waals surface area contributed by atoms with Crippen LogP contribution in [0.5, 0.6) is 0 Å². The number of nitrogens with one attached hydrogen (secondary N) is 1. The Morgan fingerprint density at radius 3 is 2.86 bits per heavy atom. The largest absolute Gasteiger partial charge is 0.416 e. The Bertz CT molecular complexity index is 556. The summed E-state index contributed by atoms with van der Waals surface area (Å²) in [5.41, 5.74) is -0.0401. The molecule has 0 bridgehead atoms. The number of fused-ring (bicyclic) bond motifs is 1. The molecule has 3 rings (SSSR count). The molecule has 3 nitrogen and oxygen atoms in total. The van der Waals surface area contributed by atoms with Gasteiger partial charge >= 0.3 is 6.18 Å². The van der Waals surface area contributed by atoms with E-state index in [1.165, 1.54) is 12.1 Å². The van der Waals surface area contributed by atoms with E-state index in [9.17, 15) is 18.3 Å². The molecule has 0 radical (unpaired) electrons. The van der Waals surface area contributed by atoms with Crippen molar-refractivity contribution in [1.29, 1.82) is 0 Å². The first kappa shape index (κ1) is 14.4. The standard InChI is InChI=1S/C15H17F3N2O/c16-15(17,18)10-3-1-2-9(6-10)7-14-19-12-5-4-11(21)8-13(12)20-14/h1-3,6,11-13,21H,4-5,7-8H2,(H,19,20). The summed E-state index contributed by atoms with van der Waals surface area (Å²) in [7, 11) is 0. The molecule has 21 heavy (non-hydrogen) atoms. The van der Waals surface area contributed by atoms with Crippen molar-refractivity contribution in [3.8, 4) is 0 Å². The Kier molecular flexibility index (Phi) is 3.65. The molecule has 1 aliphatic carbocycles. The molecular weight excluding hydrogens is 281 g/mol. The number of halogens is 3. The number of hydrogen-bond donors (Lipinski definition) is 2. The molecule has 0 amide bonds. The van der Waals surface area contributed by atoms with E-state index < -0.39 is 11.7 Å². The van der Waals surface area contributed by atoms with E-state index in [2.05, 4.69) is 10.3 Å². The fourth-order valence-corrected chi connectivity index (χ4v) is 3.04. The maximum absolute atomic E-state index is 12.7. The molecule has 1 aromatic rings. The van der Waals surface area contributed by atoms with Crippen LogP contribution in [0.4, 0.5) is 13.2 Å². The van der Waals surface area contributed by atoms with Crippen LogP contribution in [0.3, 0.4) is 0 Å². The molecular formula is C15H17F3N2O. The number of alkyl halides is 3. The fraction of sp³-hybridized carbons (Fsp3) is 0.533. The number of aliphatic imine (C=N–C) groups is 1. The minimum atomic E-state index is -4.32. The van der Waals surface area contributed by atoms with Gasteiger partial charge in [0.1, 0.15) is 5.84 Å². The topological polar surface area (TPSA) is 44.6 Å². The molecule has 0 saturated heterocycles. The Morgan fingerprint density at radius 2 is 2.10 bits per heavy atom. The molecule has 1 heterocycles. The number of hydrogen-bond acceptors (Lipinski definition) is 3. The van der Waals surface area contributed by atoms with Crippen molar-refractivity contribution in [2.24, 2.45) is 4.99 Å². The first-order valence-electron chi connectivity index (χ1n) is 7.09. The van der Waals surface area contributed by atoms with Crippen LogP contribution < -0.4 is 5.32 Å². The maximum atomic E-state index is 12.7. The van der Waals surface area contributed by atoms with E-state index in [0.717, 1.165) is 24.7 Å². The predicted octanol–water partition coefficient (Wildman–Crippen LogP) is 2.53. The van der Waals surface area contributed by atoms with E-state index >= 15 is 0 Å². The number of aliphatic hydroxyl groups excluding tert-OH is 1. The Morgan fingerprint density at radius 1 is 1.29 bits per heavy atom. The van der Waals surface area contributed by atoms with Gasteiger partial charge in [0.15, 0.2) is 0 Å². The molecule has 1 aliphatic heterocycles. The van der Waals surface area contributed by atoms with Crippen LogP contribution in [0.15, 0.2) is 29.3 Å². The van der Waals surface area contributed by atoms with Gasteiger partial charge in [0.05, 0.1) is 23.8 Å². The monoisotopic (exact) mass is 298 g/mol. The summed E-state index contributed by atoms with van der Waals surface area (Å²) in [6, 6.07) is 5.61. The number of rotatable bonds is 2. The van der Waals surface area contributed by atoms with Crippen molar-refractivity contribution in [3.05, 3.63) is 35.4 Å². The molecule has 2 aliphatic rings. The van der Waals surface area contributed by atoms with Crippen LogP contribution in [0.25, 0.3) is 0 Å². The van der Waals surface area contributed by atoms with Crippen molar-refractivity contribution < 1.29 is 18.3 Å². The normalized spacial score (nSPS) is 28.8. The summed E-state index contributed by atoms with van der Waals surface area (Å²) in [5.74, 6) is 0.721. The molecule has 1 saturated carbocycles. The van der Waals surface area contributed by atoms with Gasteiger partial charge in [-0.05, 0) is 30.9 Å². The highest BCUT2D eigenvalue weighted by Crippen LogP contribution is 2.30. The summed E-state index contributed by atoms with van der Waals surface area (Å²) in [6.45, 7) is 0. The first-order valence-corrected chi connectivity index (χ1v) is 7.09. The van der Waals surface area contributed by atoms with Crippen LogP contribution >= 0.6 is 0 Å². The SMILES string of the molecule is OC1CCC2N=C(Cc3cccc(C(F)(F)F)c3)NC2C1. The van der Waals surface area contributed by atoms with Gasteiger partial charge < -0.3 is 10.4 Å². The highest BCUT2D eigenvalue weighted by molar-refractivity contribution is 5.86. The van der Waals surface area contributed by atoms with Crippen molar-refractivity contribution in [1.82, 2.24) is 5.32 Å². The highest BCUT2D eigenvalue weighted by Gasteiger charge is 2.34. The van der Waals surface area contributed by atoms with E-state index in [0.29, 0.717) is 18.4 Å². The van der Waals surface area contributed by atoms with Crippen LogP contribution in [-0.4, -0.2) is 29.1 Å². The summed E-state index contributed by atoms with van der Waals surface area (Å²) in [4.78, 5) is 4.54. The van der Waals surface area contributed by atoms with Gasteiger partial charge in [-0.3, -0.25) is 4.99 Å². The molecule has 3 unspecified atom stereocenters. The third-order valence-corrected chi connectivity index (χ3v) is 4.09. The molecule has 6 heteroatoms. The second kappa shape index (κ2) is 5.33. The quantitative estimate of drug-likeness (QED) is 0.881. The third-order valence-electron chi connectivity index (χ3n) is 4.09. The van der Waals surface area contributed by atoms with Crippen LogP contribution in [-0.2, 0) is 12.6 Å². The zero-order chi connectivity index (χ0) is 15.0. The second-order valence-corrected chi connectivity index (χ2v) is 5.74. The van der Waals surface area contributed by atoms with Gasteiger partial charge in [-0.1, -0.05) is 18.2 Å². The molecule has 1 fully saturated rings. The number of aliphatic hydroxyl groups is 1. The number of benzene rings is 1. The van der Waals surface area contributed by atoms with Gasteiger partial charge in [0.25, 0.3) is 0 Å². The summed E-state index contributed by atoms with van der Waals surface area (Å²) in [5, 5.41) is 12.9. The Hall–Kier alpha value is -1.56. The van der Waals surface area contributed by atoms with Gasteiger partial charge in [0, 0.05) is 6.42 Å². The van der Waals surface area contributed by atoms with E-state index in [1.807, 2.05) is 0 Å². The highest BCUT2D eigenvalue weighted by atomic mass is 19.4. The van der Waals surface area contributed by atoms with Crippen LogP contribution in [0.1, 0.15) is 30.4 Å². The van der Waals surface area contributed by atoms with Gasteiger partial charge in [-0.2, -0.15) is 13.2 Å². The second-order valence-electron chi connectivity index (χ2n) is 5.74. The number of nitrogens with zero attached hydrogens (tertiary/aromatic N) is 1. The maximum Gasteiger partial charge on any atom is 0.416 e. The van der Waals surface area contributed by atoms with Crippen molar-refractivity contribution >= 4 is 5.84 Å². The third kappa shape index (κ3) is 3.20. The zero-order valence-electron chi connectivity index (χ0n) is 11.4. The zero-order valence-corrected chi connectivity index (χ0v) is 11.4. The lowest BCUT2D eigenvalue weighted by Gasteiger charge is -2.27. The summed E-state index contributed by atoms with van der Waals surface area (Å²) < 4.78 is 38.1. The molecule has 114 valence electrons. The first-order chi connectivity index (χ1) is 9.91. The average molecular weight is 298 g/mol. The molecule has 1 aromatic carbocycles. The van der Waals surface area contributed by atoms with E-state index in [-0.39, 0.29) is 18.2 Å². The van der Waals surface area contributed by atoms with Crippen molar-refractivity contribution in [2.45, 2.75) is 50.0 Å². The summed E-state index contributed by atoms with van der Waals surface area (Å²) >= 11 is 0. The lowest BCUT2D eigenvalue weighted by atomic mass is 9.90. The Labute approximate surface area is 120 Å². The van der Waals surface area contributed by atoms with Crippen molar-refractivity contribution in [2.75, 3.05) is 0 Å². The molecule has 0 aromatic heterocycles. The van der Waals surface area contributed by atoms with Crippen LogP contribution in [0, 0.1) is 0 Å². The van der Waals surface area contributed by atoms with Crippen molar-refractivity contribution in [3.63, 3.8) is 0 Å². The fourth-order valence-electron chi connectivity index (χ4n) is 3.04. The minimum Gasteiger partial charge on any atom is -0.393 e. The molecule has 3 atom stereocenters. The summed E-state index contributed by atoms with van der Waals surface area (Å²) in [6.07, 6.45) is -2.04. The minimum absolute atomic E-state index is 0.120. The van der Waals surface area contributed by atoms with Gasteiger partial charge in [-0.25, -0.2) is 0 Å². The molecule has 2 N–H and O–H groups in total. The smallest absolute Gasteiger partial charge is 0.393 e. The Balaban J connectivity index is 1.70. The lowest BCUT2D eigenvalue weighted by molar-refractivity contribution is -0.137. The lowest BCUT2D eigenvalue weighted by Crippen LogP contribution is -2.41. The average Bonchev–Trinajstić information content (AvgIpc) is 2.79. The van der Waals surface area contributed by atoms with E-state index in [4.69, 9.17) is 0 Å². The van der Waals surface area contributed by atoms with E-state index in [1.54, 1.807) is 6.07 Å². The predicted molar refractivity (Wildman–Crippen MR) is 73.2 cm³/mol. The molecule has 0 spiro atoms. The van der Waals surface area contributed by atoms with Gasteiger partial charge in [0.2, 0.25) is 0 Å². The number of amidine groups is 1. The van der Waals surface area contributed by atoms with Gasteiger partial charge in [-0.15, -0.1) is 0 Å².